The van der Waals surface area contributed by atoms with E-state index in [1.807, 2.05) is 0 Å². The second-order valence-electron chi connectivity index (χ2n) is 5.39. The number of hydrogen-bond acceptors (Lipinski definition) is 5. The van der Waals surface area contributed by atoms with Gasteiger partial charge in [0.15, 0.2) is 5.13 Å². The molecule has 3 N–H and O–H groups in total. The summed E-state index contributed by atoms with van der Waals surface area (Å²) in [6.07, 6.45) is 6.11. The van der Waals surface area contributed by atoms with Gasteiger partial charge in [-0.2, -0.15) is 0 Å². The molecule has 0 radical (unpaired) electrons. The highest BCUT2D eigenvalue weighted by atomic mass is 32.1. The molecule has 0 atom stereocenters. The maximum absolute atomic E-state index is 12.1. The summed E-state index contributed by atoms with van der Waals surface area (Å²) in [7, 11) is 0. The van der Waals surface area contributed by atoms with Crippen LogP contribution in [0.1, 0.15) is 41.8 Å². The third-order valence-electron chi connectivity index (χ3n) is 3.76. The largest absolute Gasteiger partial charge is 0.382 e. The molecule has 0 aromatic carbocycles. The molecule has 2 aliphatic rings. The van der Waals surface area contributed by atoms with E-state index in [-0.39, 0.29) is 5.91 Å². The summed E-state index contributed by atoms with van der Waals surface area (Å²) in [4.78, 5) is 19.2. The predicted molar refractivity (Wildman–Crippen MR) is 77.6 cm³/mol. The molecule has 3 rings (SSSR count). The predicted octanol–water partition coefficient (Wildman–Crippen LogP) is 1.86. The van der Waals surface area contributed by atoms with Gasteiger partial charge in [-0.1, -0.05) is 24.2 Å². The van der Waals surface area contributed by atoms with Crippen molar-refractivity contribution in [3.8, 4) is 0 Å². The number of nitrogen functional groups attached to an aromatic ring is 1. The Hall–Kier alpha value is -1.30. The number of nitrogens with two attached hydrogens (primary N) is 1. The van der Waals surface area contributed by atoms with Crippen LogP contribution in [-0.2, 0) is 0 Å². The fourth-order valence-corrected chi connectivity index (χ4v) is 3.36. The Balaban J connectivity index is 1.60. The Bertz CT molecular complexity index is 463. The molecule has 1 aromatic heterocycles. The highest BCUT2D eigenvalue weighted by Gasteiger charge is 2.23. The maximum atomic E-state index is 12.1. The van der Waals surface area contributed by atoms with Gasteiger partial charge >= 0.3 is 0 Å². The topological polar surface area (TPSA) is 71.2 Å². The van der Waals surface area contributed by atoms with Gasteiger partial charge in [0.1, 0.15) is 10.7 Å². The number of rotatable bonds is 5. The van der Waals surface area contributed by atoms with Crippen molar-refractivity contribution < 1.29 is 4.79 Å². The number of anilines is 2. The lowest BCUT2D eigenvalue weighted by Crippen LogP contribution is -2.24. The molecule has 1 saturated carbocycles. The molecule has 104 valence electrons. The molecule has 1 saturated heterocycles. The molecule has 2 fully saturated rings. The van der Waals surface area contributed by atoms with Crippen LogP contribution in [0.2, 0.25) is 0 Å². The van der Waals surface area contributed by atoms with Crippen molar-refractivity contribution in [2.75, 3.05) is 30.3 Å². The normalized spacial score (nSPS) is 18.8. The zero-order valence-corrected chi connectivity index (χ0v) is 11.8. The van der Waals surface area contributed by atoms with E-state index in [1.54, 1.807) is 0 Å². The van der Waals surface area contributed by atoms with E-state index < -0.39 is 0 Å². The molecule has 1 aliphatic heterocycles. The molecule has 6 heteroatoms. The molecule has 1 aromatic rings. The lowest BCUT2D eigenvalue weighted by Gasteiger charge is -2.11. The summed E-state index contributed by atoms with van der Waals surface area (Å²) in [5.41, 5.74) is 5.87. The van der Waals surface area contributed by atoms with Gasteiger partial charge in [0, 0.05) is 19.6 Å². The van der Waals surface area contributed by atoms with Crippen LogP contribution in [0, 0.1) is 5.92 Å². The van der Waals surface area contributed by atoms with E-state index in [0.717, 1.165) is 37.1 Å². The fourth-order valence-electron chi connectivity index (χ4n) is 2.40. The van der Waals surface area contributed by atoms with E-state index in [1.165, 1.54) is 37.0 Å². The first-order valence-corrected chi connectivity index (χ1v) is 7.85. The maximum Gasteiger partial charge on any atom is 0.265 e. The Labute approximate surface area is 117 Å². The average molecular weight is 280 g/mol. The Morgan fingerprint density at radius 1 is 1.42 bits per heavy atom. The highest BCUT2D eigenvalue weighted by Crippen LogP contribution is 2.32. The Morgan fingerprint density at radius 2 is 2.16 bits per heavy atom. The van der Waals surface area contributed by atoms with Gasteiger partial charge in [-0.3, -0.25) is 4.79 Å². The second-order valence-corrected chi connectivity index (χ2v) is 6.37. The zero-order valence-electron chi connectivity index (χ0n) is 11.0. The van der Waals surface area contributed by atoms with Crippen molar-refractivity contribution in [3.63, 3.8) is 0 Å². The van der Waals surface area contributed by atoms with Gasteiger partial charge in [-0.25, -0.2) is 4.98 Å². The molecule has 0 spiro atoms. The van der Waals surface area contributed by atoms with E-state index in [9.17, 15) is 4.79 Å². The number of aromatic nitrogens is 1. The minimum Gasteiger partial charge on any atom is -0.382 e. The standard InChI is InChI=1S/C13H20N4OS/c14-11-10(12(18)15-6-5-9-3-4-9)19-13(16-11)17-7-1-2-8-17/h9H,1-8,14H2,(H,15,18). The van der Waals surface area contributed by atoms with E-state index in [4.69, 9.17) is 5.73 Å². The highest BCUT2D eigenvalue weighted by molar-refractivity contribution is 7.18. The van der Waals surface area contributed by atoms with Crippen molar-refractivity contribution in [1.82, 2.24) is 10.3 Å². The smallest absolute Gasteiger partial charge is 0.265 e. The summed E-state index contributed by atoms with van der Waals surface area (Å²) < 4.78 is 0. The van der Waals surface area contributed by atoms with Crippen molar-refractivity contribution in [2.45, 2.75) is 32.1 Å². The monoisotopic (exact) mass is 280 g/mol. The molecule has 0 bridgehead atoms. The van der Waals surface area contributed by atoms with Gasteiger partial charge in [-0.15, -0.1) is 0 Å². The first-order valence-electron chi connectivity index (χ1n) is 7.03. The summed E-state index contributed by atoms with van der Waals surface area (Å²) in [6, 6.07) is 0. The summed E-state index contributed by atoms with van der Waals surface area (Å²) in [5, 5.41) is 3.84. The molecule has 0 unspecified atom stereocenters. The van der Waals surface area contributed by atoms with Gasteiger partial charge in [0.2, 0.25) is 0 Å². The third-order valence-corrected chi connectivity index (χ3v) is 4.89. The molecule has 1 aliphatic carbocycles. The van der Waals surface area contributed by atoms with Crippen LogP contribution < -0.4 is 16.0 Å². The molecule has 5 nitrogen and oxygen atoms in total. The van der Waals surface area contributed by atoms with Crippen LogP contribution >= 0.6 is 11.3 Å². The molecule has 19 heavy (non-hydrogen) atoms. The zero-order chi connectivity index (χ0) is 13.2. The first kappa shape index (κ1) is 12.7. The Kier molecular flexibility index (Phi) is 3.59. The van der Waals surface area contributed by atoms with Crippen LogP contribution in [-0.4, -0.2) is 30.5 Å². The van der Waals surface area contributed by atoms with Gasteiger partial charge in [0.05, 0.1) is 0 Å². The molecular weight excluding hydrogens is 260 g/mol. The van der Waals surface area contributed by atoms with Crippen molar-refractivity contribution in [2.24, 2.45) is 5.92 Å². The van der Waals surface area contributed by atoms with Crippen LogP contribution in [0.25, 0.3) is 0 Å². The summed E-state index contributed by atoms with van der Waals surface area (Å²) in [6.45, 7) is 2.80. The number of nitrogens with one attached hydrogen (secondary N) is 1. The van der Waals surface area contributed by atoms with E-state index >= 15 is 0 Å². The lowest BCUT2D eigenvalue weighted by atomic mass is 10.3. The number of nitrogens with zero attached hydrogens (tertiary/aromatic N) is 2. The van der Waals surface area contributed by atoms with Gasteiger partial charge in [-0.05, 0) is 25.2 Å². The number of carbonyl (C=O) groups is 1. The number of amides is 1. The van der Waals surface area contributed by atoms with Crippen LogP contribution in [0.4, 0.5) is 10.9 Å². The van der Waals surface area contributed by atoms with Crippen LogP contribution in [0.5, 0.6) is 0 Å². The number of carbonyl (C=O) groups excluding carboxylic acids is 1. The lowest BCUT2D eigenvalue weighted by molar-refractivity contribution is 0.0957. The van der Waals surface area contributed by atoms with Crippen molar-refractivity contribution in [3.05, 3.63) is 4.88 Å². The SMILES string of the molecule is Nc1nc(N2CCCC2)sc1C(=O)NCCC1CC1. The minimum absolute atomic E-state index is 0.0684. The average Bonchev–Trinajstić information content (AvgIpc) is 2.91. The third kappa shape index (κ3) is 3.00. The minimum atomic E-state index is -0.0684. The van der Waals surface area contributed by atoms with Crippen molar-refractivity contribution >= 4 is 28.2 Å². The number of hydrogen-bond donors (Lipinski definition) is 2. The van der Waals surface area contributed by atoms with Crippen LogP contribution in [0.15, 0.2) is 0 Å². The van der Waals surface area contributed by atoms with E-state index in [0.29, 0.717) is 10.7 Å². The Morgan fingerprint density at radius 3 is 2.84 bits per heavy atom. The van der Waals surface area contributed by atoms with Crippen molar-refractivity contribution in [1.29, 1.82) is 0 Å². The van der Waals surface area contributed by atoms with Gasteiger partial charge in [0.25, 0.3) is 5.91 Å². The first-order chi connectivity index (χ1) is 9.24. The molecular formula is C13H20N4OS. The fraction of sp³-hybridized carbons (Fsp3) is 0.692. The quantitative estimate of drug-likeness (QED) is 0.863. The van der Waals surface area contributed by atoms with Crippen LogP contribution in [0.3, 0.4) is 0 Å². The van der Waals surface area contributed by atoms with E-state index in [2.05, 4.69) is 15.2 Å². The molecule has 2 heterocycles. The second kappa shape index (κ2) is 5.36. The summed E-state index contributed by atoms with van der Waals surface area (Å²) >= 11 is 1.42. The van der Waals surface area contributed by atoms with Gasteiger partial charge < -0.3 is 16.0 Å². The molecule has 1 amide bonds. The summed E-state index contributed by atoms with van der Waals surface area (Å²) in [5.74, 6) is 1.14. The number of thiazole rings is 1.